The molecule has 1 N–H and O–H groups in total. The van der Waals surface area contributed by atoms with Gasteiger partial charge < -0.3 is 24.4 Å². The van der Waals surface area contributed by atoms with Gasteiger partial charge in [-0.15, -0.1) is 0 Å². The molecule has 0 saturated carbocycles. The van der Waals surface area contributed by atoms with Crippen molar-refractivity contribution in [1.82, 2.24) is 14.9 Å². The number of aromatic nitrogens is 2. The fourth-order valence-electron chi connectivity index (χ4n) is 3.34. The summed E-state index contributed by atoms with van der Waals surface area (Å²) in [6.07, 6.45) is 1.46. The lowest BCUT2D eigenvalue weighted by Crippen LogP contribution is -2.42. The fraction of sp³-hybridized carbons (Fsp3) is 0.333. The first-order valence-corrected chi connectivity index (χ1v) is 10.8. The van der Waals surface area contributed by atoms with Gasteiger partial charge in [-0.05, 0) is 25.2 Å². The van der Waals surface area contributed by atoms with Crippen molar-refractivity contribution in [2.45, 2.75) is 6.10 Å². The molecule has 1 atom stereocenters. The molecule has 164 valence electrons. The molecule has 1 aromatic heterocycles. The summed E-state index contributed by atoms with van der Waals surface area (Å²) >= 11 is 18.5. The molecule has 0 aliphatic carbocycles. The molecule has 1 unspecified atom stereocenters. The fourth-order valence-corrected chi connectivity index (χ4v) is 3.92. The van der Waals surface area contributed by atoms with Gasteiger partial charge in [0.1, 0.15) is 24.9 Å². The Labute approximate surface area is 195 Å². The molecule has 4 rings (SSSR count). The minimum atomic E-state index is -0.00132. The van der Waals surface area contributed by atoms with Gasteiger partial charge in [-0.2, -0.15) is 0 Å². The molecule has 0 bridgehead atoms. The summed E-state index contributed by atoms with van der Waals surface area (Å²) in [7, 11) is 3.66. The molecule has 1 saturated heterocycles. The van der Waals surface area contributed by atoms with Crippen molar-refractivity contribution >= 4 is 57.2 Å². The zero-order valence-electron chi connectivity index (χ0n) is 17.0. The van der Waals surface area contributed by atoms with Crippen molar-refractivity contribution in [1.29, 1.82) is 0 Å². The molecule has 3 aromatic rings. The SMILES string of the molecule is COc1cc2c(Nc3ccc(Cl)c(Cl)c3Cl)ncnc2cc1OCC1CN(C)CCO1. The highest BCUT2D eigenvalue weighted by atomic mass is 35.5. The van der Waals surface area contributed by atoms with E-state index in [0.29, 0.717) is 51.8 Å². The van der Waals surface area contributed by atoms with Crippen LogP contribution in [0.3, 0.4) is 0 Å². The first-order chi connectivity index (χ1) is 15.0. The maximum Gasteiger partial charge on any atom is 0.163 e. The lowest BCUT2D eigenvalue weighted by molar-refractivity contribution is -0.0406. The normalized spacial score (nSPS) is 17.0. The number of anilines is 2. The van der Waals surface area contributed by atoms with Gasteiger partial charge in [0.15, 0.2) is 11.5 Å². The summed E-state index contributed by atoms with van der Waals surface area (Å²) < 4.78 is 17.3. The first-order valence-electron chi connectivity index (χ1n) is 9.62. The lowest BCUT2D eigenvalue weighted by atomic mass is 10.2. The van der Waals surface area contributed by atoms with E-state index in [-0.39, 0.29) is 11.1 Å². The van der Waals surface area contributed by atoms with Crippen LogP contribution < -0.4 is 14.8 Å². The third-order valence-corrected chi connectivity index (χ3v) is 6.27. The Bertz CT molecular complexity index is 1100. The number of benzene rings is 2. The molecule has 7 nitrogen and oxygen atoms in total. The van der Waals surface area contributed by atoms with E-state index in [0.717, 1.165) is 18.5 Å². The maximum atomic E-state index is 6.33. The molecule has 2 aromatic carbocycles. The smallest absolute Gasteiger partial charge is 0.163 e. The van der Waals surface area contributed by atoms with E-state index in [1.165, 1.54) is 6.33 Å². The van der Waals surface area contributed by atoms with E-state index in [9.17, 15) is 0 Å². The first kappa shape index (κ1) is 22.2. The monoisotopic (exact) mass is 482 g/mol. The molecule has 31 heavy (non-hydrogen) atoms. The third kappa shape index (κ3) is 4.91. The van der Waals surface area contributed by atoms with Crippen LogP contribution in [0.25, 0.3) is 10.9 Å². The van der Waals surface area contributed by atoms with Crippen LogP contribution in [0.1, 0.15) is 0 Å². The highest BCUT2D eigenvalue weighted by molar-refractivity contribution is 6.49. The number of hydrogen-bond acceptors (Lipinski definition) is 7. The van der Waals surface area contributed by atoms with Gasteiger partial charge in [0.05, 0.1) is 40.0 Å². The number of halogens is 3. The number of hydrogen-bond donors (Lipinski definition) is 1. The number of ether oxygens (including phenoxy) is 3. The minimum Gasteiger partial charge on any atom is -0.493 e. The summed E-state index contributed by atoms with van der Waals surface area (Å²) in [4.78, 5) is 10.9. The van der Waals surface area contributed by atoms with Crippen LogP contribution in [-0.2, 0) is 4.74 Å². The second kappa shape index (κ2) is 9.63. The van der Waals surface area contributed by atoms with Crippen LogP contribution in [0, 0.1) is 0 Å². The summed E-state index contributed by atoms with van der Waals surface area (Å²) in [5.74, 6) is 1.70. The van der Waals surface area contributed by atoms with Crippen LogP contribution in [0.4, 0.5) is 11.5 Å². The van der Waals surface area contributed by atoms with Gasteiger partial charge in [-0.3, -0.25) is 0 Å². The zero-order chi connectivity index (χ0) is 22.0. The van der Waals surface area contributed by atoms with Crippen molar-refractivity contribution in [3.63, 3.8) is 0 Å². The Kier molecular flexibility index (Phi) is 6.89. The van der Waals surface area contributed by atoms with E-state index < -0.39 is 0 Å². The van der Waals surface area contributed by atoms with Crippen molar-refractivity contribution in [2.24, 2.45) is 0 Å². The molecule has 1 aliphatic rings. The summed E-state index contributed by atoms with van der Waals surface area (Å²) in [5, 5.41) is 4.89. The quantitative estimate of drug-likeness (QED) is 0.492. The van der Waals surface area contributed by atoms with Crippen molar-refractivity contribution in [3.05, 3.63) is 45.7 Å². The number of nitrogens with zero attached hydrogens (tertiary/aromatic N) is 3. The molecule has 0 spiro atoms. The molecule has 1 fully saturated rings. The number of likely N-dealkylation sites (N-methyl/N-ethyl adjacent to an activating group) is 1. The molecular weight excluding hydrogens is 463 g/mol. The van der Waals surface area contributed by atoms with Gasteiger partial charge >= 0.3 is 0 Å². The van der Waals surface area contributed by atoms with Gasteiger partial charge in [-0.25, -0.2) is 9.97 Å². The highest BCUT2D eigenvalue weighted by Crippen LogP contribution is 2.39. The summed E-state index contributed by atoms with van der Waals surface area (Å²) in [5.41, 5.74) is 1.26. The third-order valence-electron chi connectivity index (χ3n) is 4.98. The van der Waals surface area contributed by atoms with E-state index in [2.05, 4.69) is 27.2 Å². The number of nitrogens with one attached hydrogen (secondary N) is 1. The molecular formula is C21H21Cl3N4O3. The second-order valence-electron chi connectivity index (χ2n) is 7.16. The topological polar surface area (TPSA) is 68.7 Å². The average Bonchev–Trinajstić information content (AvgIpc) is 2.77. The van der Waals surface area contributed by atoms with Crippen molar-refractivity contribution in [3.8, 4) is 11.5 Å². The number of fused-ring (bicyclic) bond motifs is 1. The van der Waals surface area contributed by atoms with Crippen LogP contribution in [-0.4, -0.2) is 61.4 Å². The number of morpholine rings is 1. The lowest BCUT2D eigenvalue weighted by Gasteiger charge is -2.30. The zero-order valence-corrected chi connectivity index (χ0v) is 19.3. The van der Waals surface area contributed by atoms with Crippen LogP contribution in [0.2, 0.25) is 15.1 Å². The van der Waals surface area contributed by atoms with Gasteiger partial charge in [0, 0.05) is 24.5 Å². The summed E-state index contributed by atoms with van der Waals surface area (Å²) in [6.45, 7) is 2.85. The molecule has 2 heterocycles. The van der Waals surface area contributed by atoms with E-state index >= 15 is 0 Å². The van der Waals surface area contributed by atoms with E-state index in [1.807, 2.05) is 12.1 Å². The Morgan fingerprint density at radius 1 is 1.16 bits per heavy atom. The standard InChI is InChI=1S/C21H21Cl3N4O3/c1-28-5-6-30-12(9-28)10-31-18-8-16-13(7-17(18)29-2)21(26-11-25-16)27-15-4-3-14(22)19(23)20(15)24/h3-4,7-8,11-12H,5-6,9-10H2,1-2H3,(H,25,26,27). The predicted octanol–water partition coefficient (Wildman–Crippen LogP) is 5.05. The maximum absolute atomic E-state index is 6.33. The molecule has 1 aliphatic heterocycles. The average molecular weight is 484 g/mol. The largest absolute Gasteiger partial charge is 0.493 e. The number of methoxy groups -OCH3 is 1. The van der Waals surface area contributed by atoms with Gasteiger partial charge in [-0.1, -0.05) is 34.8 Å². The predicted molar refractivity (Wildman–Crippen MR) is 124 cm³/mol. The molecule has 0 amide bonds. The van der Waals surface area contributed by atoms with E-state index in [4.69, 9.17) is 49.0 Å². The van der Waals surface area contributed by atoms with Gasteiger partial charge in [0.2, 0.25) is 0 Å². The highest BCUT2D eigenvalue weighted by Gasteiger charge is 2.20. The van der Waals surface area contributed by atoms with Crippen LogP contribution in [0.5, 0.6) is 11.5 Å². The molecule has 0 radical (unpaired) electrons. The Balaban J connectivity index is 1.61. The minimum absolute atomic E-state index is 0.00132. The van der Waals surface area contributed by atoms with Crippen LogP contribution in [0.15, 0.2) is 30.6 Å². The van der Waals surface area contributed by atoms with Crippen molar-refractivity contribution in [2.75, 3.05) is 45.8 Å². The Hall–Kier alpha value is -2.03. The van der Waals surface area contributed by atoms with Gasteiger partial charge in [0.25, 0.3) is 0 Å². The number of rotatable bonds is 6. The second-order valence-corrected chi connectivity index (χ2v) is 8.32. The Morgan fingerprint density at radius 3 is 2.77 bits per heavy atom. The molecule has 10 heteroatoms. The summed E-state index contributed by atoms with van der Waals surface area (Å²) in [6, 6.07) is 7.05. The Morgan fingerprint density at radius 2 is 2.00 bits per heavy atom. The van der Waals surface area contributed by atoms with Crippen LogP contribution >= 0.6 is 34.8 Å². The van der Waals surface area contributed by atoms with Crippen molar-refractivity contribution < 1.29 is 14.2 Å². The van der Waals surface area contributed by atoms with E-state index in [1.54, 1.807) is 19.2 Å².